The van der Waals surface area contributed by atoms with Crippen molar-refractivity contribution in [2.24, 2.45) is 5.41 Å². The molecule has 62 heavy (non-hydrogen) atoms. The summed E-state index contributed by atoms with van der Waals surface area (Å²) in [6.07, 6.45) is 9.07. The summed E-state index contributed by atoms with van der Waals surface area (Å²) in [5.74, 6) is 0. The van der Waals surface area contributed by atoms with Crippen molar-refractivity contribution in [3.8, 4) is 0 Å². The second-order valence-electron chi connectivity index (χ2n) is 16.3. The van der Waals surface area contributed by atoms with E-state index in [0.717, 1.165) is 13.1 Å². The predicted molar refractivity (Wildman–Crippen MR) is 290 cm³/mol. The molecule has 14 nitrogen and oxygen atoms in total. The Kier molecular flexibility index (Phi) is 44.3. The van der Waals surface area contributed by atoms with E-state index < -0.39 is 33.2 Å². The van der Waals surface area contributed by atoms with Crippen LogP contribution in [0.1, 0.15) is 96.9 Å². The van der Waals surface area contributed by atoms with E-state index in [1.165, 1.54) is 56.9 Å². The third kappa shape index (κ3) is 38.4. The second-order valence-corrected chi connectivity index (χ2v) is 41.7. The van der Waals surface area contributed by atoms with Gasteiger partial charge in [-0.1, -0.05) is 77.7 Å². The zero-order valence-electron chi connectivity index (χ0n) is 43.8. The molecule has 0 saturated heterocycles. The maximum absolute atomic E-state index is 11.6. The average molecular weight is 1080 g/mol. The Balaban J connectivity index is -0.000000221. The Morgan fingerprint density at radius 1 is 0.468 bits per heavy atom. The molecule has 0 heterocycles. The minimum Gasteiger partial charge on any atom is -0.320 e. The predicted octanol–water partition coefficient (Wildman–Crippen LogP) is 14.4. The zero-order chi connectivity index (χ0) is 50.5. The fraction of sp³-hybridized carbons (Fsp3) is 1.00. The highest BCUT2D eigenvalue weighted by atomic mass is 32.7. The summed E-state index contributed by atoms with van der Waals surface area (Å²) in [6.45, 7) is 25.7. The topological polar surface area (TPSA) is 144 Å². The van der Waals surface area contributed by atoms with Crippen LogP contribution in [0, 0.1) is 5.41 Å². The Bertz CT molecular complexity index is 1270. The number of hydrogen-bond donors (Lipinski definition) is 0. The molecule has 0 bridgehead atoms. The van der Waals surface area contributed by atoms with E-state index in [9.17, 15) is 22.8 Å². The molecular weight excluding hydrogens is 988 g/mol. The molecule has 0 aliphatic rings. The van der Waals surface area contributed by atoms with Crippen LogP contribution in [-0.2, 0) is 45.4 Å². The standard InChI is InChI=1S/2C10H24NO2PS.C8H19O2PS.2C5H14NO2PS/c2*1-9(2)11(10(3)4)7-8-13-14(5,12)15-6;1-7(8(2,3)4)10-11(5,9)12-6;2*1-5-8-9(7,10-4)6(2)3/h2*9-10H,7-8H2,1-6H3;7H,1-6H3;2*5H2,1-4H3/t2*14-;7?,11-;2*9-/m10110/s1. The average Bonchev–Trinajstić information content (AvgIpc) is 3.15. The molecule has 0 spiro atoms. The highest BCUT2D eigenvalue weighted by Crippen LogP contribution is 2.60. The summed E-state index contributed by atoms with van der Waals surface area (Å²) < 4.78 is 87.6. The van der Waals surface area contributed by atoms with Crippen LogP contribution in [0.2, 0.25) is 0 Å². The lowest BCUT2D eigenvalue weighted by Gasteiger charge is -2.30. The fourth-order valence-corrected chi connectivity index (χ4v) is 13.4. The summed E-state index contributed by atoms with van der Waals surface area (Å²) in [5.41, 5.74) is 0.0569. The van der Waals surface area contributed by atoms with Crippen LogP contribution >= 0.6 is 90.1 Å². The Morgan fingerprint density at radius 2 is 0.726 bits per heavy atom. The van der Waals surface area contributed by atoms with Crippen LogP contribution in [-0.4, -0.2) is 168 Å². The van der Waals surface area contributed by atoms with Gasteiger partial charge in [-0.25, -0.2) is 9.34 Å². The fourth-order valence-electron chi connectivity index (χ4n) is 4.43. The molecular formula is C38H95N4O10P5S5. The van der Waals surface area contributed by atoms with Crippen LogP contribution in [0.15, 0.2) is 0 Å². The lowest BCUT2D eigenvalue weighted by Crippen LogP contribution is -2.39. The summed E-state index contributed by atoms with van der Waals surface area (Å²) >= 11 is 6.45. The second kappa shape index (κ2) is 37.4. The van der Waals surface area contributed by atoms with Gasteiger partial charge in [-0.3, -0.25) is 32.6 Å². The molecule has 24 heteroatoms. The highest BCUT2D eigenvalue weighted by Gasteiger charge is 2.27. The van der Waals surface area contributed by atoms with Gasteiger partial charge in [0.2, 0.25) is 0 Å². The van der Waals surface area contributed by atoms with Crippen molar-refractivity contribution in [1.29, 1.82) is 0 Å². The van der Waals surface area contributed by atoms with Gasteiger partial charge in [-0.05, 0) is 141 Å². The third-order valence-corrected chi connectivity index (χ3v) is 28.9. The Morgan fingerprint density at radius 3 is 0.871 bits per heavy atom. The molecule has 382 valence electrons. The van der Waals surface area contributed by atoms with Gasteiger partial charge in [-0.15, -0.1) is 0 Å². The molecule has 0 aliphatic carbocycles. The van der Waals surface area contributed by atoms with Gasteiger partial charge >= 0.3 is 13.4 Å². The molecule has 0 fully saturated rings. The van der Waals surface area contributed by atoms with Gasteiger partial charge < -0.3 is 22.6 Å². The normalized spacial score (nSPS) is 17.4. The molecule has 0 aromatic carbocycles. The summed E-state index contributed by atoms with van der Waals surface area (Å²) in [6, 6.07) is 2.00. The maximum atomic E-state index is 11.6. The first-order valence-electron chi connectivity index (χ1n) is 20.8. The van der Waals surface area contributed by atoms with Crippen LogP contribution in [0.4, 0.5) is 0 Å². The first-order chi connectivity index (χ1) is 27.9. The summed E-state index contributed by atoms with van der Waals surface area (Å²) in [7, 11) is 7.03. The molecule has 0 N–H and O–H groups in total. The van der Waals surface area contributed by atoms with Gasteiger partial charge in [0.1, 0.15) is 0 Å². The monoisotopic (exact) mass is 1080 g/mol. The van der Waals surface area contributed by atoms with E-state index in [4.69, 9.17) is 22.6 Å². The molecule has 0 aromatic rings. The molecule has 0 rings (SSSR count). The van der Waals surface area contributed by atoms with Crippen molar-refractivity contribution in [2.45, 2.75) is 127 Å². The van der Waals surface area contributed by atoms with Crippen LogP contribution in [0.5, 0.6) is 0 Å². The minimum atomic E-state index is -2.52. The summed E-state index contributed by atoms with van der Waals surface area (Å²) in [5, 5.41) is 0. The van der Waals surface area contributed by atoms with Crippen LogP contribution in [0.3, 0.4) is 0 Å². The quantitative estimate of drug-likeness (QED) is 0.0799. The van der Waals surface area contributed by atoms with Crippen molar-refractivity contribution in [3.05, 3.63) is 0 Å². The maximum Gasteiger partial charge on any atom is 0.328 e. The van der Waals surface area contributed by atoms with Gasteiger partial charge in [0.25, 0.3) is 19.7 Å². The largest absolute Gasteiger partial charge is 0.328 e. The number of hydrogen-bond acceptors (Lipinski definition) is 17. The van der Waals surface area contributed by atoms with E-state index in [2.05, 4.69) is 86.0 Å². The van der Waals surface area contributed by atoms with Crippen molar-refractivity contribution < 1.29 is 45.4 Å². The molecule has 0 aliphatic heterocycles. The smallest absolute Gasteiger partial charge is 0.320 e. The van der Waals surface area contributed by atoms with E-state index >= 15 is 0 Å². The lowest BCUT2D eigenvalue weighted by atomic mass is 9.91. The minimum absolute atomic E-state index is 0.0285. The highest BCUT2D eigenvalue weighted by molar-refractivity contribution is 8.57. The van der Waals surface area contributed by atoms with Crippen molar-refractivity contribution in [1.82, 2.24) is 19.1 Å². The Labute approximate surface area is 403 Å². The van der Waals surface area contributed by atoms with Crippen molar-refractivity contribution in [3.63, 3.8) is 0 Å². The van der Waals surface area contributed by atoms with E-state index in [0.29, 0.717) is 50.6 Å². The zero-order valence-corrected chi connectivity index (χ0v) is 52.3. The van der Waals surface area contributed by atoms with Crippen molar-refractivity contribution in [2.75, 3.05) is 119 Å². The third-order valence-electron chi connectivity index (χ3n) is 8.59. The van der Waals surface area contributed by atoms with E-state index in [1.807, 2.05) is 39.5 Å². The first kappa shape index (κ1) is 73.5. The first-order valence-corrected chi connectivity index (χ1v) is 39.3. The Hall–Kier alpha value is 2.54. The molecule has 0 radical (unpaired) electrons. The van der Waals surface area contributed by atoms with Gasteiger partial charge in [0, 0.05) is 57.3 Å². The molecule has 1 unspecified atom stereocenters. The summed E-state index contributed by atoms with van der Waals surface area (Å²) in [4.78, 5) is 4.67. The van der Waals surface area contributed by atoms with E-state index in [-0.39, 0.29) is 11.5 Å². The molecule has 0 aromatic heterocycles. The lowest BCUT2D eigenvalue weighted by molar-refractivity contribution is 0.112. The SMILES string of the molecule is CCO[P@@](=O)(SC)N(C)C.CCO[P@](=O)(SC)N(C)C.CS[P@@](C)(=O)OCCN(C(C)C)C(C)C.CS[P@](C)(=O)OC(C)C(C)(C)C.CS[P@](C)(=O)OCCN(C(C)C)C(C)C. The van der Waals surface area contributed by atoms with Crippen LogP contribution in [0.25, 0.3) is 0 Å². The molecule has 6 atom stereocenters. The molecule has 0 amide bonds. The molecule has 0 saturated carbocycles. The number of nitrogens with zero attached hydrogens (tertiary/aromatic N) is 4. The van der Waals surface area contributed by atoms with Gasteiger partial charge in [0.05, 0.1) is 32.5 Å². The number of rotatable bonds is 25. The van der Waals surface area contributed by atoms with Crippen LogP contribution < -0.4 is 0 Å². The van der Waals surface area contributed by atoms with Gasteiger partial charge in [0.15, 0.2) is 0 Å². The van der Waals surface area contributed by atoms with E-state index in [1.54, 1.807) is 70.0 Å². The van der Waals surface area contributed by atoms with Crippen molar-refractivity contribution >= 4 is 90.1 Å². The van der Waals surface area contributed by atoms with Gasteiger partial charge in [-0.2, -0.15) is 0 Å².